The van der Waals surface area contributed by atoms with Gasteiger partial charge in [-0.05, 0) is 13.3 Å². The monoisotopic (exact) mass is 302 g/mol. The molecule has 1 fully saturated rings. The number of nitrogen functional groups attached to an aromatic ring is 1. The lowest BCUT2D eigenvalue weighted by molar-refractivity contribution is -0.144. The summed E-state index contributed by atoms with van der Waals surface area (Å²) in [5.41, 5.74) is 5.66. The molecule has 0 amide bonds. The van der Waals surface area contributed by atoms with Crippen molar-refractivity contribution in [3.63, 3.8) is 0 Å². The number of methoxy groups -OCH3 is 1. The minimum atomic E-state index is -3.72. The third-order valence-corrected chi connectivity index (χ3v) is 5.26. The van der Waals surface area contributed by atoms with Gasteiger partial charge in [0, 0.05) is 25.8 Å². The average Bonchev–Trinajstić information content (AvgIpc) is 3.04. The van der Waals surface area contributed by atoms with Crippen LogP contribution in [0.3, 0.4) is 0 Å². The Morgan fingerprint density at radius 1 is 1.60 bits per heavy atom. The number of nitrogens with two attached hydrogens (primary N) is 1. The van der Waals surface area contributed by atoms with Crippen molar-refractivity contribution in [3.05, 3.63) is 6.20 Å². The first-order valence-corrected chi connectivity index (χ1v) is 7.75. The summed E-state index contributed by atoms with van der Waals surface area (Å²) in [6, 6.07) is 0. The van der Waals surface area contributed by atoms with Crippen molar-refractivity contribution in [1.29, 1.82) is 0 Å². The summed E-state index contributed by atoms with van der Waals surface area (Å²) in [4.78, 5) is 11.4. The molecule has 1 aliphatic rings. The fourth-order valence-electron chi connectivity index (χ4n) is 2.22. The molecule has 2 N–H and O–H groups in total. The molecule has 1 atom stereocenters. The van der Waals surface area contributed by atoms with Gasteiger partial charge in [0.2, 0.25) is 10.0 Å². The van der Waals surface area contributed by atoms with Gasteiger partial charge in [-0.2, -0.15) is 9.40 Å². The van der Waals surface area contributed by atoms with Crippen molar-refractivity contribution in [1.82, 2.24) is 14.1 Å². The van der Waals surface area contributed by atoms with Gasteiger partial charge in [-0.1, -0.05) is 0 Å². The molecule has 0 bridgehead atoms. The van der Waals surface area contributed by atoms with Crippen molar-refractivity contribution < 1.29 is 17.9 Å². The summed E-state index contributed by atoms with van der Waals surface area (Å²) >= 11 is 0. The lowest BCUT2D eigenvalue weighted by atomic mass is 10.1. The first-order valence-electron chi connectivity index (χ1n) is 6.31. The highest BCUT2D eigenvalue weighted by atomic mass is 32.2. The summed E-state index contributed by atoms with van der Waals surface area (Å²) in [6.45, 7) is 2.76. The number of aromatic nitrogens is 2. The molecule has 2 rings (SSSR count). The van der Waals surface area contributed by atoms with Crippen LogP contribution in [0.15, 0.2) is 11.1 Å². The number of rotatable bonds is 4. The number of nitrogens with zero attached hydrogens (tertiary/aromatic N) is 3. The van der Waals surface area contributed by atoms with Crippen molar-refractivity contribution in [2.24, 2.45) is 5.92 Å². The summed E-state index contributed by atoms with van der Waals surface area (Å²) in [5, 5.41) is 3.93. The van der Waals surface area contributed by atoms with Crippen LogP contribution in [0.25, 0.3) is 0 Å². The molecule has 8 nitrogen and oxygen atoms in total. The number of carbonyl (C=O) groups is 1. The number of anilines is 1. The molecule has 0 aliphatic carbocycles. The molecular weight excluding hydrogens is 284 g/mol. The first-order chi connectivity index (χ1) is 9.40. The van der Waals surface area contributed by atoms with Crippen LogP contribution in [-0.4, -0.2) is 48.7 Å². The average molecular weight is 302 g/mol. The quantitative estimate of drug-likeness (QED) is 0.763. The highest BCUT2D eigenvalue weighted by Crippen LogP contribution is 2.27. The van der Waals surface area contributed by atoms with E-state index in [0.717, 1.165) is 0 Å². The van der Waals surface area contributed by atoms with E-state index in [2.05, 4.69) is 9.84 Å². The first kappa shape index (κ1) is 14.8. The minimum absolute atomic E-state index is 0.00938. The second kappa shape index (κ2) is 5.41. The predicted molar refractivity (Wildman–Crippen MR) is 71.2 cm³/mol. The Morgan fingerprint density at radius 3 is 2.85 bits per heavy atom. The highest BCUT2D eigenvalue weighted by molar-refractivity contribution is 7.89. The van der Waals surface area contributed by atoms with E-state index in [1.807, 2.05) is 6.92 Å². The third-order valence-electron chi connectivity index (χ3n) is 3.38. The van der Waals surface area contributed by atoms with Crippen molar-refractivity contribution >= 4 is 21.8 Å². The normalized spacial score (nSPS) is 20.2. The Bertz CT molecular complexity index is 610. The van der Waals surface area contributed by atoms with Crippen LogP contribution < -0.4 is 5.73 Å². The molecule has 1 unspecified atom stereocenters. The molecule has 20 heavy (non-hydrogen) atoms. The summed E-state index contributed by atoms with van der Waals surface area (Å²) in [6.07, 6.45) is 1.86. The van der Waals surface area contributed by atoms with Gasteiger partial charge in [0.25, 0.3) is 0 Å². The molecule has 0 spiro atoms. The fraction of sp³-hybridized carbons (Fsp3) is 0.636. The van der Waals surface area contributed by atoms with Crippen molar-refractivity contribution in [2.45, 2.75) is 24.8 Å². The molecule has 1 aromatic heterocycles. The maximum absolute atomic E-state index is 12.5. The molecule has 0 radical (unpaired) electrons. The Kier molecular flexibility index (Phi) is 4.00. The third kappa shape index (κ3) is 2.50. The number of hydrogen-bond donors (Lipinski definition) is 1. The zero-order valence-electron chi connectivity index (χ0n) is 11.4. The van der Waals surface area contributed by atoms with Gasteiger partial charge in [-0.3, -0.25) is 9.48 Å². The molecule has 1 aliphatic heterocycles. The topological polar surface area (TPSA) is 108 Å². The van der Waals surface area contributed by atoms with Gasteiger partial charge in [0.15, 0.2) is 5.82 Å². The summed E-state index contributed by atoms with van der Waals surface area (Å²) in [5.74, 6) is -0.828. The number of sulfonamides is 1. The van der Waals surface area contributed by atoms with E-state index in [1.54, 1.807) is 0 Å². The zero-order chi connectivity index (χ0) is 14.9. The van der Waals surface area contributed by atoms with E-state index < -0.39 is 15.9 Å². The Labute approximate surface area is 117 Å². The van der Waals surface area contributed by atoms with Crippen LogP contribution >= 0.6 is 0 Å². The SMILES string of the molecule is CCn1cc(S(=O)(=O)N2CCC(C(=O)OC)C2)c(N)n1. The molecule has 2 heterocycles. The largest absolute Gasteiger partial charge is 0.469 e. The van der Waals surface area contributed by atoms with Gasteiger partial charge in [0.1, 0.15) is 4.90 Å². The van der Waals surface area contributed by atoms with Crippen LogP contribution in [0, 0.1) is 5.92 Å². The van der Waals surface area contributed by atoms with E-state index in [-0.39, 0.29) is 29.8 Å². The van der Waals surface area contributed by atoms with E-state index in [9.17, 15) is 13.2 Å². The second-order valence-electron chi connectivity index (χ2n) is 4.61. The Morgan fingerprint density at radius 2 is 2.30 bits per heavy atom. The number of esters is 1. The number of carbonyl (C=O) groups excluding carboxylic acids is 1. The molecule has 1 saturated heterocycles. The van der Waals surface area contributed by atoms with Crippen LogP contribution in [0.5, 0.6) is 0 Å². The van der Waals surface area contributed by atoms with Crippen molar-refractivity contribution in [2.75, 3.05) is 25.9 Å². The van der Waals surface area contributed by atoms with Gasteiger partial charge in [0.05, 0.1) is 13.0 Å². The number of aryl methyl sites for hydroxylation is 1. The van der Waals surface area contributed by atoms with Crippen LogP contribution in [0.4, 0.5) is 5.82 Å². The smallest absolute Gasteiger partial charge is 0.310 e. The summed E-state index contributed by atoms with van der Waals surface area (Å²) in [7, 11) is -2.42. The van der Waals surface area contributed by atoms with Crippen LogP contribution in [-0.2, 0) is 26.1 Å². The van der Waals surface area contributed by atoms with E-state index >= 15 is 0 Å². The number of ether oxygens (including phenoxy) is 1. The van der Waals surface area contributed by atoms with Crippen molar-refractivity contribution in [3.8, 4) is 0 Å². The second-order valence-corrected chi connectivity index (χ2v) is 6.51. The Balaban J connectivity index is 2.23. The van der Waals surface area contributed by atoms with E-state index in [0.29, 0.717) is 13.0 Å². The van der Waals surface area contributed by atoms with Crippen LogP contribution in [0.1, 0.15) is 13.3 Å². The zero-order valence-corrected chi connectivity index (χ0v) is 12.3. The van der Waals surface area contributed by atoms with E-state index in [4.69, 9.17) is 5.73 Å². The maximum Gasteiger partial charge on any atom is 0.310 e. The fourth-order valence-corrected chi connectivity index (χ4v) is 3.78. The predicted octanol–water partition coefficient (Wildman–Crippen LogP) is -0.331. The van der Waals surface area contributed by atoms with Gasteiger partial charge in [-0.15, -0.1) is 0 Å². The lowest BCUT2D eigenvalue weighted by Crippen LogP contribution is -2.30. The molecular formula is C11H18N4O4S. The van der Waals surface area contributed by atoms with Gasteiger partial charge >= 0.3 is 5.97 Å². The van der Waals surface area contributed by atoms with E-state index in [1.165, 1.54) is 22.3 Å². The Hall–Kier alpha value is -1.61. The molecule has 0 aromatic carbocycles. The van der Waals surface area contributed by atoms with Gasteiger partial charge < -0.3 is 10.5 Å². The molecule has 112 valence electrons. The summed E-state index contributed by atoms with van der Waals surface area (Å²) < 4.78 is 32.3. The molecule has 1 aromatic rings. The highest BCUT2D eigenvalue weighted by Gasteiger charge is 2.37. The molecule has 9 heteroatoms. The minimum Gasteiger partial charge on any atom is -0.469 e. The standard InChI is InChI=1S/C11H18N4O4S/c1-3-14-7-9(10(12)13-14)20(17,18)15-5-4-8(6-15)11(16)19-2/h7-8H,3-6H2,1-2H3,(H2,12,13). The van der Waals surface area contributed by atoms with Gasteiger partial charge in [-0.25, -0.2) is 8.42 Å². The number of hydrogen-bond acceptors (Lipinski definition) is 6. The maximum atomic E-state index is 12.5. The van der Waals surface area contributed by atoms with Crippen LogP contribution in [0.2, 0.25) is 0 Å². The lowest BCUT2D eigenvalue weighted by Gasteiger charge is -2.15. The molecule has 0 saturated carbocycles.